The molecule has 18 heavy (non-hydrogen) atoms. The number of nitrogens with one attached hydrogen (secondary N) is 1. The van der Waals surface area contributed by atoms with Gasteiger partial charge in [-0.1, -0.05) is 18.2 Å². The summed E-state index contributed by atoms with van der Waals surface area (Å²) in [6.45, 7) is 4.07. The monoisotopic (exact) mass is 246 g/mol. The van der Waals surface area contributed by atoms with Gasteiger partial charge in [0.25, 0.3) is 0 Å². The Bertz CT molecular complexity index is 441. The van der Waals surface area contributed by atoms with Gasteiger partial charge in [0.15, 0.2) is 0 Å². The lowest BCUT2D eigenvalue weighted by atomic mass is 9.91. The molecule has 0 bridgehead atoms. The van der Waals surface area contributed by atoms with Crippen LogP contribution < -0.4 is 10.1 Å². The van der Waals surface area contributed by atoms with E-state index in [9.17, 15) is 4.79 Å². The second-order valence-electron chi connectivity index (χ2n) is 4.80. The first kappa shape index (κ1) is 11.5. The molecule has 1 fully saturated rings. The third kappa shape index (κ3) is 2.08. The van der Waals surface area contributed by atoms with Gasteiger partial charge in [0.1, 0.15) is 5.75 Å². The number of hydrogen-bond acceptors (Lipinski definition) is 3. The molecule has 0 aliphatic carbocycles. The van der Waals surface area contributed by atoms with Gasteiger partial charge in [-0.25, -0.2) is 0 Å². The van der Waals surface area contributed by atoms with E-state index in [0.717, 1.165) is 43.9 Å². The maximum Gasteiger partial charge on any atom is 0.230 e. The number of piperazine rings is 1. The molecule has 1 aromatic rings. The van der Waals surface area contributed by atoms with Gasteiger partial charge in [0.05, 0.1) is 12.5 Å². The Morgan fingerprint density at radius 2 is 2.06 bits per heavy atom. The minimum atomic E-state index is -0.0203. The van der Waals surface area contributed by atoms with Crippen molar-refractivity contribution >= 4 is 5.91 Å². The molecule has 0 radical (unpaired) electrons. The maximum atomic E-state index is 12.6. The van der Waals surface area contributed by atoms with Crippen LogP contribution in [0.15, 0.2) is 24.3 Å². The molecule has 2 aliphatic heterocycles. The van der Waals surface area contributed by atoms with Crippen LogP contribution in [0.5, 0.6) is 5.75 Å². The van der Waals surface area contributed by atoms with Crippen LogP contribution >= 0.6 is 0 Å². The average Bonchev–Trinajstić information content (AvgIpc) is 2.47. The van der Waals surface area contributed by atoms with Crippen LogP contribution in [0.4, 0.5) is 0 Å². The normalized spacial score (nSPS) is 23.1. The lowest BCUT2D eigenvalue weighted by Gasteiger charge is -2.33. The largest absolute Gasteiger partial charge is 0.493 e. The molecule has 2 aliphatic rings. The summed E-state index contributed by atoms with van der Waals surface area (Å²) < 4.78 is 5.61. The maximum absolute atomic E-state index is 12.6. The Morgan fingerprint density at radius 1 is 1.28 bits per heavy atom. The summed E-state index contributed by atoms with van der Waals surface area (Å²) in [7, 11) is 0. The lowest BCUT2D eigenvalue weighted by molar-refractivity contribution is -0.134. The Hall–Kier alpha value is -1.55. The fourth-order valence-corrected chi connectivity index (χ4v) is 2.70. The molecule has 1 atom stereocenters. The molecule has 4 nitrogen and oxygen atoms in total. The third-order valence-corrected chi connectivity index (χ3v) is 3.69. The van der Waals surface area contributed by atoms with E-state index in [-0.39, 0.29) is 11.8 Å². The number of para-hydroxylation sites is 1. The van der Waals surface area contributed by atoms with Gasteiger partial charge in [0, 0.05) is 31.7 Å². The number of nitrogens with zero attached hydrogens (tertiary/aromatic N) is 1. The summed E-state index contributed by atoms with van der Waals surface area (Å²) in [4.78, 5) is 14.5. The quantitative estimate of drug-likeness (QED) is 0.803. The Balaban J connectivity index is 1.82. The summed E-state index contributed by atoms with van der Waals surface area (Å²) in [5.74, 6) is 1.11. The molecular formula is C14H18N2O2. The van der Waals surface area contributed by atoms with Crippen molar-refractivity contribution in [1.29, 1.82) is 0 Å². The van der Waals surface area contributed by atoms with Gasteiger partial charge in [0.2, 0.25) is 5.91 Å². The second-order valence-corrected chi connectivity index (χ2v) is 4.80. The lowest BCUT2D eigenvalue weighted by Crippen LogP contribution is -2.48. The van der Waals surface area contributed by atoms with Crippen LogP contribution in [0.2, 0.25) is 0 Å². The number of carbonyl (C=O) groups excluding carboxylic acids is 1. The van der Waals surface area contributed by atoms with E-state index in [4.69, 9.17) is 4.74 Å². The molecular weight excluding hydrogens is 228 g/mol. The van der Waals surface area contributed by atoms with Gasteiger partial charge in [-0.3, -0.25) is 4.79 Å². The van der Waals surface area contributed by atoms with E-state index >= 15 is 0 Å². The summed E-state index contributed by atoms with van der Waals surface area (Å²) in [6.07, 6.45) is 0.791. The van der Waals surface area contributed by atoms with E-state index in [0.29, 0.717) is 6.61 Å². The van der Waals surface area contributed by atoms with Crippen LogP contribution in [-0.2, 0) is 4.79 Å². The number of amides is 1. The van der Waals surface area contributed by atoms with Crippen molar-refractivity contribution in [3.63, 3.8) is 0 Å². The van der Waals surface area contributed by atoms with Crippen molar-refractivity contribution in [3.8, 4) is 5.75 Å². The number of rotatable bonds is 1. The Kier molecular flexibility index (Phi) is 3.19. The van der Waals surface area contributed by atoms with Gasteiger partial charge in [-0.05, 0) is 12.5 Å². The smallest absolute Gasteiger partial charge is 0.230 e. The SMILES string of the molecule is O=C(C1CCOc2ccccc21)N1CCNCC1. The molecule has 2 heterocycles. The minimum Gasteiger partial charge on any atom is -0.493 e. The topological polar surface area (TPSA) is 41.6 Å². The fraction of sp³-hybridized carbons (Fsp3) is 0.500. The predicted octanol–water partition coefficient (Wildman–Crippen LogP) is 0.984. The number of ether oxygens (including phenoxy) is 1. The van der Waals surface area contributed by atoms with Crippen molar-refractivity contribution in [2.45, 2.75) is 12.3 Å². The zero-order chi connectivity index (χ0) is 12.4. The molecule has 1 saturated heterocycles. The minimum absolute atomic E-state index is 0.0203. The first-order valence-electron chi connectivity index (χ1n) is 6.57. The van der Waals surface area contributed by atoms with Gasteiger partial charge in [-0.15, -0.1) is 0 Å². The van der Waals surface area contributed by atoms with Gasteiger partial charge in [-0.2, -0.15) is 0 Å². The van der Waals surface area contributed by atoms with Crippen molar-refractivity contribution < 1.29 is 9.53 Å². The molecule has 1 unspecified atom stereocenters. The van der Waals surface area contributed by atoms with E-state index in [2.05, 4.69) is 5.32 Å². The number of benzene rings is 1. The molecule has 1 N–H and O–H groups in total. The summed E-state index contributed by atoms with van der Waals surface area (Å²) in [6, 6.07) is 7.90. The highest BCUT2D eigenvalue weighted by Gasteiger charge is 2.31. The standard InChI is InChI=1S/C14H18N2O2/c17-14(16-8-6-15-7-9-16)12-5-10-18-13-4-2-1-3-11(12)13/h1-4,12,15H,5-10H2. The molecule has 1 amide bonds. The van der Waals surface area contributed by atoms with E-state index < -0.39 is 0 Å². The van der Waals surface area contributed by atoms with Gasteiger partial charge < -0.3 is 15.0 Å². The van der Waals surface area contributed by atoms with Crippen LogP contribution in [0.3, 0.4) is 0 Å². The summed E-state index contributed by atoms with van der Waals surface area (Å²) in [5, 5.41) is 3.27. The zero-order valence-electron chi connectivity index (χ0n) is 10.4. The van der Waals surface area contributed by atoms with E-state index in [1.165, 1.54) is 0 Å². The fourth-order valence-electron chi connectivity index (χ4n) is 2.70. The van der Waals surface area contributed by atoms with Crippen molar-refractivity contribution in [2.24, 2.45) is 0 Å². The molecule has 96 valence electrons. The predicted molar refractivity (Wildman–Crippen MR) is 68.7 cm³/mol. The highest BCUT2D eigenvalue weighted by Crippen LogP contribution is 2.34. The van der Waals surface area contributed by atoms with Crippen molar-refractivity contribution in [1.82, 2.24) is 10.2 Å². The average molecular weight is 246 g/mol. The molecule has 1 aromatic carbocycles. The van der Waals surface area contributed by atoms with Crippen LogP contribution in [0.1, 0.15) is 17.9 Å². The van der Waals surface area contributed by atoms with Crippen molar-refractivity contribution in [2.75, 3.05) is 32.8 Å². The Morgan fingerprint density at radius 3 is 2.89 bits per heavy atom. The first-order valence-corrected chi connectivity index (χ1v) is 6.57. The van der Waals surface area contributed by atoms with Gasteiger partial charge >= 0.3 is 0 Å². The van der Waals surface area contributed by atoms with Crippen molar-refractivity contribution in [3.05, 3.63) is 29.8 Å². The zero-order valence-corrected chi connectivity index (χ0v) is 10.4. The molecule has 0 saturated carbocycles. The summed E-state index contributed by atoms with van der Waals surface area (Å²) >= 11 is 0. The van der Waals surface area contributed by atoms with Crippen LogP contribution in [-0.4, -0.2) is 43.6 Å². The number of hydrogen-bond donors (Lipinski definition) is 1. The van der Waals surface area contributed by atoms with Crippen LogP contribution in [0.25, 0.3) is 0 Å². The molecule has 4 heteroatoms. The molecule has 0 aromatic heterocycles. The molecule has 3 rings (SSSR count). The van der Waals surface area contributed by atoms with E-state index in [1.807, 2.05) is 29.2 Å². The number of carbonyl (C=O) groups is 1. The third-order valence-electron chi connectivity index (χ3n) is 3.69. The highest BCUT2D eigenvalue weighted by molar-refractivity contribution is 5.85. The van der Waals surface area contributed by atoms with E-state index in [1.54, 1.807) is 0 Å². The first-order chi connectivity index (χ1) is 8.86. The molecule has 0 spiro atoms. The Labute approximate surface area is 107 Å². The number of fused-ring (bicyclic) bond motifs is 1. The second kappa shape index (κ2) is 4.98. The van der Waals surface area contributed by atoms with Crippen LogP contribution in [0, 0.1) is 0 Å². The highest BCUT2D eigenvalue weighted by atomic mass is 16.5. The summed E-state index contributed by atoms with van der Waals surface area (Å²) in [5.41, 5.74) is 1.05.